The van der Waals surface area contributed by atoms with E-state index in [-0.39, 0.29) is 21.7 Å². The van der Waals surface area contributed by atoms with E-state index in [0.717, 1.165) is 23.1 Å². The van der Waals surface area contributed by atoms with Gasteiger partial charge in [0.25, 0.3) is 10.0 Å². The first-order valence-corrected chi connectivity index (χ1v) is 11.7. The standard InChI is InChI=1S/C22H19F3N2O3S2/c1-15(31-19-8-3-2-4-9-19)21(28)26-17-10-12-20(13-11-17)32(29,30)27-18-7-5-6-16(14-18)22(23,24)25/h2-15,27H,1H3,(H,26,28)/t15-/m0/s1. The van der Waals surface area contributed by atoms with E-state index >= 15 is 0 Å². The van der Waals surface area contributed by atoms with Crippen molar-refractivity contribution in [3.63, 3.8) is 0 Å². The van der Waals surface area contributed by atoms with Crippen molar-refractivity contribution < 1.29 is 26.4 Å². The maximum atomic E-state index is 12.8. The quantitative estimate of drug-likeness (QED) is 0.430. The Bertz CT molecular complexity index is 1180. The number of anilines is 2. The minimum absolute atomic E-state index is 0.153. The van der Waals surface area contributed by atoms with Gasteiger partial charge in [0.2, 0.25) is 5.91 Å². The Balaban J connectivity index is 1.66. The number of hydrogen-bond donors (Lipinski definition) is 2. The fourth-order valence-electron chi connectivity index (χ4n) is 2.69. The summed E-state index contributed by atoms with van der Waals surface area (Å²) in [6.45, 7) is 1.75. The fraction of sp³-hybridized carbons (Fsp3) is 0.136. The molecule has 10 heteroatoms. The van der Waals surface area contributed by atoms with Crippen molar-refractivity contribution in [2.45, 2.75) is 28.1 Å². The van der Waals surface area contributed by atoms with E-state index in [0.29, 0.717) is 5.69 Å². The molecule has 0 aliphatic carbocycles. The Kier molecular flexibility index (Phi) is 7.15. The molecule has 0 aromatic heterocycles. The molecule has 0 heterocycles. The number of carbonyl (C=O) groups is 1. The summed E-state index contributed by atoms with van der Waals surface area (Å²) in [5.74, 6) is -0.253. The average Bonchev–Trinajstić information content (AvgIpc) is 2.74. The number of sulfonamides is 1. The molecule has 0 unspecified atom stereocenters. The maximum absolute atomic E-state index is 12.8. The molecule has 5 nitrogen and oxygen atoms in total. The minimum atomic E-state index is -4.59. The van der Waals surface area contributed by atoms with Crippen LogP contribution >= 0.6 is 11.8 Å². The van der Waals surface area contributed by atoms with Crippen molar-refractivity contribution in [3.8, 4) is 0 Å². The lowest BCUT2D eigenvalue weighted by molar-refractivity contribution is -0.137. The van der Waals surface area contributed by atoms with Gasteiger partial charge in [-0.1, -0.05) is 24.3 Å². The summed E-state index contributed by atoms with van der Waals surface area (Å²) in [4.78, 5) is 13.2. The first-order chi connectivity index (χ1) is 15.0. The lowest BCUT2D eigenvalue weighted by Crippen LogP contribution is -2.22. The Morgan fingerprint density at radius 3 is 2.19 bits per heavy atom. The zero-order chi connectivity index (χ0) is 23.4. The van der Waals surface area contributed by atoms with Crippen LogP contribution in [-0.4, -0.2) is 19.6 Å². The summed E-state index contributed by atoms with van der Waals surface area (Å²) in [7, 11) is -4.11. The number of benzene rings is 3. The second-order valence-corrected chi connectivity index (χ2v) is 9.87. The molecule has 168 valence electrons. The third kappa shape index (κ3) is 6.27. The number of hydrogen-bond acceptors (Lipinski definition) is 4. The van der Waals surface area contributed by atoms with E-state index in [4.69, 9.17) is 0 Å². The van der Waals surface area contributed by atoms with Crippen LogP contribution in [0.2, 0.25) is 0 Å². The highest BCUT2D eigenvalue weighted by atomic mass is 32.2. The summed E-state index contributed by atoms with van der Waals surface area (Å²) in [5, 5.41) is 2.33. The summed E-state index contributed by atoms with van der Waals surface area (Å²) in [6, 6.07) is 18.7. The van der Waals surface area contributed by atoms with Crippen LogP contribution in [-0.2, 0) is 21.0 Å². The highest BCUT2D eigenvalue weighted by Crippen LogP contribution is 2.31. The van der Waals surface area contributed by atoms with Gasteiger partial charge in [0.15, 0.2) is 0 Å². The van der Waals surface area contributed by atoms with Crippen LogP contribution in [0.5, 0.6) is 0 Å². The predicted molar refractivity (Wildman–Crippen MR) is 119 cm³/mol. The molecular formula is C22H19F3N2O3S2. The number of nitrogens with one attached hydrogen (secondary N) is 2. The third-order valence-electron chi connectivity index (χ3n) is 4.30. The van der Waals surface area contributed by atoms with Crippen LogP contribution in [0.15, 0.2) is 88.7 Å². The maximum Gasteiger partial charge on any atom is 0.416 e. The molecule has 32 heavy (non-hydrogen) atoms. The van der Waals surface area contributed by atoms with Crippen LogP contribution in [0.25, 0.3) is 0 Å². The lowest BCUT2D eigenvalue weighted by atomic mass is 10.2. The highest BCUT2D eigenvalue weighted by Gasteiger charge is 2.30. The van der Waals surface area contributed by atoms with Crippen molar-refractivity contribution >= 4 is 39.1 Å². The SMILES string of the molecule is C[C@H](Sc1ccccc1)C(=O)Nc1ccc(S(=O)(=O)Nc2cccc(C(F)(F)F)c2)cc1. The monoisotopic (exact) mass is 480 g/mol. The van der Waals surface area contributed by atoms with Gasteiger partial charge in [-0.15, -0.1) is 11.8 Å². The van der Waals surface area contributed by atoms with E-state index in [1.165, 1.54) is 42.1 Å². The summed E-state index contributed by atoms with van der Waals surface area (Å²) >= 11 is 1.38. The first-order valence-electron chi connectivity index (χ1n) is 9.37. The summed E-state index contributed by atoms with van der Waals surface area (Å²) in [5.41, 5.74) is -0.768. The molecule has 3 rings (SSSR count). The van der Waals surface area contributed by atoms with Gasteiger partial charge in [-0.2, -0.15) is 13.2 Å². The molecule has 0 radical (unpaired) electrons. The molecule has 3 aromatic carbocycles. The number of thioether (sulfide) groups is 1. The zero-order valence-electron chi connectivity index (χ0n) is 16.8. The second kappa shape index (κ2) is 9.66. The molecule has 1 amide bonds. The molecule has 0 spiro atoms. The number of amides is 1. The van der Waals surface area contributed by atoms with Crippen LogP contribution < -0.4 is 10.0 Å². The number of rotatable bonds is 7. The Hall–Kier alpha value is -2.98. The highest BCUT2D eigenvalue weighted by molar-refractivity contribution is 8.00. The van der Waals surface area contributed by atoms with Crippen molar-refractivity contribution in [2.75, 3.05) is 10.0 Å². The third-order valence-corrected chi connectivity index (χ3v) is 6.81. The van der Waals surface area contributed by atoms with Gasteiger partial charge in [0.1, 0.15) is 0 Å². The Labute approximate surface area is 188 Å². The van der Waals surface area contributed by atoms with Gasteiger partial charge in [0, 0.05) is 16.3 Å². The van der Waals surface area contributed by atoms with Gasteiger partial charge in [-0.05, 0) is 61.5 Å². The zero-order valence-corrected chi connectivity index (χ0v) is 18.4. The summed E-state index contributed by atoms with van der Waals surface area (Å²) < 4.78 is 65.7. The molecular weight excluding hydrogens is 461 g/mol. The topological polar surface area (TPSA) is 75.3 Å². The smallest absolute Gasteiger partial charge is 0.325 e. The molecule has 0 fully saturated rings. The first kappa shape index (κ1) is 23.7. The lowest BCUT2D eigenvalue weighted by Gasteiger charge is -2.13. The summed E-state index contributed by atoms with van der Waals surface area (Å²) in [6.07, 6.45) is -4.59. The van der Waals surface area contributed by atoms with Gasteiger partial charge in [-0.25, -0.2) is 8.42 Å². The van der Waals surface area contributed by atoms with Crippen molar-refractivity contribution in [3.05, 3.63) is 84.4 Å². The van der Waals surface area contributed by atoms with E-state index in [9.17, 15) is 26.4 Å². The van der Waals surface area contributed by atoms with Gasteiger partial charge in [-0.3, -0.25) is 9.52 Å². The minimum Gasteiger partial charge on any atom is -0.325 e. The molecule has 0 aliphatic heterocycles. The van der Waals surface area contributed by atoms with Gasteiger partial charge in [0.05, 0.1) is 15.7 Å². The molecule has 0 saturated carbocycles. The molecule has 0 saturated heterocycles. The van der Waals surface area contributed by atoms with Gasteiger partial charge >= 0.3 is 6.18 Å². The average molecular weight is 481 g/mol. The van der Waals surface area contributed by atoms with E-state index in [2.05, 4.69) is 10.0 Å². The van der Waals surface area contributed by atoms with E-state index in [1.54, 1.807) is 6.92 Å². The Morgan fingerprint density at radius 1 is 0.906 bits per heavy atom. The predicted octanol–water partition coefficient (Wildman–Crippen LogP) is 5.63. The van der Waals surface area contributed by atoms with Crippen LogP contribution in [0, 0.1) is 0 Å². The van der Waals surface area contributed by atoms with Crippen LogP contribution in [0.4, 0.5) is 24.5 Å². The normalized spacial score (nSPS) is 12.8. The molecule has 1 atom stereocenters. The van der Waals surface area contributed by atoms with Crippen molar-refractivity contribution in [1.29, 1.82) is 0 Å². The number of carbonyl (C=O) groups excluding carboxylic acids is 1. The fourth-order valence-corrected chi connectivity index (χ4v) is 4.63. The molecule has 3 aromatic rings. The second-order valence-electron chi connectivity index (χ2n) is 6.77. The molecule has 0 aliphatic rings. The number of halogens is 3. The number of alkyl halides is 3. The Morgan fingerprint density at radius 2 is 1.56 bits per heavy atom. The van der Waals surface area contributed by atoms with Gasteiger partial charge < -0.3 is 5.32 Å². The van der Waals surface area contributed by atoms with E-state index in [1.807, 2.05) is 30.3 Å². The van der Waals surface area contributed by atoms with Crippen molar-refractivity contribution in [2.24, 2.45) is 0 Å². The van der Waals surface area contributed by atoms with E-state index < -0.39 is 21.8 Å². The van der Waals surface area contributed by atoms with Crippen LogP contribution in [0.3, 0.4) is 0 Å². The van der Waals surface area contributed by atoms with Crippen molar-refractivity contribution in [1.82, 2.24) is 0 Å². The largest absolute Gasteiger partial charge is 0.416 e. The molecule has 2 N–H and O–H groups in total. The molecule has 0 bridgehead atoms. The van der Waals surface area contributed by atoms with Crippen LogP contribution in [0.1, 0.15) is 12.5 Å².